The first-order valence-corrected chi connectivity index (χ1v) is 11.1. The monoisotopic (exact) mass is 466 g/mol. The van der Waals surface area contributed by atoms with Crippen LogP contribution < -0.4 is 14.9 Å². The highest BCUT2D eigenvalue weighted by atomic mass is 32.1. The quantitative estimate of drug-likeness (QED) is 0.326. The van der Waals surface area contributed by atoms with Crippen LogP contribution in [0.15, 0.2) is 51.4 Å². The van der Waals surface area contributed by atoms with Crippen LogP contribution in [0.3, 0.4) is 0 Å². The van der Waals surface area contributed by atoms with Gasteiger partial charge in [-0.1, -0.05) is 11.3 Å². The SMILES string of the molecule is CCOC(=O)C1=C(C)N=c2s/c(=C\c3cc(C)n(-c4ccc([N+](=O)[O-])cc4)c3C)c(=O)n2C1. The van der Waals surface area contributed by atoms with Crippen molar-refractivity contribution in [2.45, 2.75) is 34.2 Å². The number of aryl methyl sites for hydroxylation is 1. The van der Waals surface area contributed by atoms with E-state index in [0.29, 0.717) is 20.6 Å². The summed E-state index contributed by atoms with van der Waals surface area (Å²) >= 11 is 1.27. The first kappa shape index (κ1) is 22.4. The first-order chi connectivity index (χ1) is 15.7. The number of rotatable bonds is 5. The molecule has 1 aliphatic rings. The van der Waals surface area contributed by atoms with Crippen molar-refractivity contribution < 1.29 is 14.5 Å². The number of non-ortho nitro benzene ring substituents is 1. The number of carbonyl (C=O) groups excluding carboxylic acids is 1. The van der Waals surface area contributed by atoms with Crippen LogP contribution >= 0.6 is 11.3 Å². The highest BCUT2D eigenvalue weighted by Gasteiger charge is 2.21. The summed E-state index contributed by atoms with van der Waals surface area (Å²) in [6.45, 7) is 7.73. The minimum absolute atomic E-state index is 0.0278. The van der Waals surface area contributed by atoms with E-state index >= 15 is 0 Å². The third-order valence-corrected chi connectivity index (χ3v) is 6.51. The van der Waals surface area contributed by atoms with Crippen LogP contribution in [0.5, 0.6) is 0 Å². The van der Waals surface area contributed by atoms with Crippen molar-refractivity contribution in [3.63, 3.8) is 0 Å². The number of nitrogens with zero attached hydrogens (tertiary/aromatic N) is 4. The highest BCUT2D eigenvalue weighted by molar-refractivity contribution is 7.07. The van der Waals surface area contributed by atoms with Crippen LogP contribution in [0.4, 0.5) is 5.69 Å². The Morgan fingerprint density at radius 2 is 1.97 bits per heavy atom. The molecule has 3 heterocycles. The van der Waals surface area contributed by atoms with Gasteiger partial charge in [-0.2, -0.15) is 0 Å². The smallest absolute Gasteiger partial charge is 0.337 e. The lowest BCUT2D eigenvalue weighted by Gasteiger charge is -2.12. The van der Waals surface area contributed by atoms with Gasteiger partial charge in [0, 0.05) is 29.2 Å². The Labute approximate surface area is 192 Å². The fourth-order valence-electron chi connectivity index (χ4n) is 3.84. The maximum atomic E-state index is 13.1. The number of benzene rings is 1. The average molecular weight is 467 g/mol. The third kappa shape index (κ3) is 4.05. The largest absolute Gasteiger partial charge is 0.463 e. The molecular weight excluding hydrogens is 444 g/mol. The van der Waals surface area contributed by atoms with Gasteiger partial charge in [-0.05, 0) is 57.5 Å². The fourth-order valence-corrected chi connectivity index (χ4v) is 4.86. The Bertz CT molecular complexity index is 1490. The van der Waals surface area contributed by atoms with Gasteiger partial charge in [0.15, 0.2) is 4.80 Å². The van der Waals surface area contributed by atoms with Crippen LogP contribution in [-0.2, 0) is 16.1 Å². The molecule has 1 aromatic carbocycles. The topological polar surface area (TPSA) is 109 Å². The van der Waals surface area contributed by atoms with Crippen LogP contribution in [0.2, 0.25) is 0 Å². The van der Waals surface area contributed by atoms with Gasteiger partial charge in [0.1, 0.15) is 0 Å². The van der Waals surface area contributed by atoms with Crippen molar-refractivity contribution in [2.75, 3.05) is 6.61 Å². The van der Waals surface area contributed by atoms with Crippen molar-refractivity contribution in [2.24, 2.45) is 4.99 Å². The zero-order valence-electron chi connectivity index (χ0n) is 18.6. The van der Waals surface area contributed by atoms with Gasteiger partial charge in [-0.3, -0.25) is 19.5 Å². The van der Waals surface area contributed by atoms with Crippen LogP contribution in [0.1, 0.15) is 30.8 Å². The molecule has 0 spiro atoms. The molecule has 0 unspecified atom stereocenters. The number of fused-ring (bicyclic) bond motifs is 1. The standard InChI is InChI=1S/C23H22N4O5S/c1-5-32-22(29)19-12-25-21(28)20(33-23(25)24-14(19)3)11-16-10-13(2)26(15(16)4)17-6-8-18(9-7-17)27(30)31/h6-11H,5,12H2,1-4H3/b20-11-. The van der Waals surface area contributed by atoms with E-state index in [2.05, 4.69) is 4.99 Å². The number of hydrogen-bond acceptors (Lipinski definition) is 7. The van der Waals surface area contributed by atoms with E-state index in [1.54, 1.807) is 26.0 Å². The Morgan fingerprint density at radius 1 is 1.27 bits per heavy atom. The summed E-state index contributed by atoms with van der Waals surface area (Å²) < 4.78 is 9.07. The number of carbonyl (C=O) groups is 1. The molecule has 33 heavy (non-hydrogen) atoms. The summed E-state index contributed by atoms with van der Waals surface area (Å²) in [7, 11) is 0. The second-order valence-corrected chi connectivity index (χ2v) is 8.63. The molecule has 170 valence electrons. The number of aromatic nitrogens is 2. The Morgan fingerprint density at radius 3 is 2.61 bits per heavy atom. The van der Waals surface area contributed by atoms with E-state index < -0.39 is 10.9 Å². The Balaban J connectivity index is 1.75. The van der Waals surface area contributed by atoms with E-state index in [1.807, 2.05) is 30.6 Å². The van der Waals surface area contributed by atoms with E-state index in [-0.39, 0.29) is 24.4 Å². The lowest BCUT2D eigenvalue weighted by atomic mass is 10.2. The zero-order valence-corrected chi connectivity index (χ0v) is 19.4. The number of allylic oxidation sites excluding steroid dienone is 1. The van der Waals surface area contributed by atoms with Crippen molar-refractivity contribution in [3.05, 3.63) is 88.4 Å². The number of ether oxygens (including phenoxy) is 1. The van der Waals surface area contributed by atoms with E-state index in [0.717, 1.165) is 22.6 Å². The van der Waals surface area contributed by atoms with Gasteiger partial charge < -0.3 is 9.30 Å². The molecule has 0 bridgehead atoms. The summed E-state index contributed by atoms with van der Waals surface area (Å²) in [5.41, 5.74) is 4.23. The van der Waals surface area contributed by atoms with E-state index in [4.69, 9.17) is 4.74 Å². The first-order valence-electron chi connectivity index (χ1n) is 10.3. The van der Waals surface area contributed by atoms with Crippen molar-refractivity contribution in [3.8, 4) is 5.69 Å². The molecule has 2 aromatic heterocycles. The minimum Gasteiger partial charge on any atom is -0.463 e. The van der Waals surface area contributed by atoms with Crippen molar-refractivity contribution >= 4 is 29.1 Å². The molecule has 4 rings (SSSR count). The normalized spacial score (nSPS) is 13.6. The highest BCUT2D eigenvalue weighted by Crippen LogP contribution is 2.23. The third-order valence-electron chi connectivity index (χ3n) is 5.50. The molecule has 0 atom stereocenters. The molecule has 1 aliphatic heterocycles. The molecule has 10 heteroatoms. The maximum absolute atomic E-state index is 13.1. The summed E-state index contributed by atoms with van der Waals surface area (Å²) in [4.78, 5) is 40.8. The molecule has 0 N–H and O–H groups in total. The number of thiazole rings is 1. The maximum Gasteiger partial charge on any atom is 0.337 e. The molecule has 0 saturated heterocycles. The van der Waals surface area contributed by atoms with E-state index in [1.165, 1.54) is 28.0 Å². The predicted octanol–water partition coefficient (Wildman–Crippen LogP) is 2.52. The molecular formula is C23H22N4O5S. The fraction of sp³-hybridized carbons (Fsp3) is 0.261. The summed E-state index contributed by atoms with van der Waals surface area (Å²) in [6.07, 6.45) is 1.82. The van der Waals surface area contributed by atoms with Crippen LogP contribution in [-0.4, -0.2) is 26.6 Å². The summed E-state index contributed by atoms with van der Waals surface area (Å²) in [5.74, 6) is -0.459. The minimum atomic E-state index is -0.459. The van der Waals surface area contributed by atoms with Gasteiger partial charge in [-0.15, -0.1) is 0 Å². The second kappa shape index (κ2) is 8.62. The van der Waals surface area contributed by atoms with E-state index in [9.17, 15) is 19.7 Å². The van der Waals surface area contributed by atoms with Gasteiger partial charge in [-0.25, -0.2) is 9.79 Å². The number of esters is 1. The lowest BCUT2D eigenvalue weighted by Crippen LogP contribution is -2.35. The molecule has 0 amide bonds. The Kier molecular flexibility index (Phi) is 5.86. The summed E-state index contributed by atoms with van der Waals surface area (Å²) in [6, 6.07) is 8.30. The number of nitro groups is 1. The summed E-state index contributed by atoms with van der Waals surface area (Å²) in [5, 5.41) is 10.9. The van der Waals surface area contributed by atoms with Crippen molar-refractivity contribution in [1.29, 1.82) is 0 Å². The zero-order chi connectivity index (χ0) is 23.9. The van der Waals surface area contributed by atoms with Crippen LogP contribution in [0.25, 0.3) is 11.8 Å². The Hall–Kier alpha value is -3.79. The number of hydrogen-bond donors (Lipinski definition) is 0. The average Bonchev–Trinajstić information content (AvgIpc) is 3.22. The van der Waals surface area contributed by atoms with Crippen molar-refractivity contribution in [1.82, 2.24) is 9.13 Å². The second-order valence-electron chi connectivity index (χ2n) is 7.62. The molecule has 0 radical (unpaired) electrons. The predicted molar refractivity (Wildman–Crippen MR) is 124 cm³/mol. The molecule has 9 nitrogen and oxygen atoms in total. The van der Waals surface area contributed by atoms with Gasteiger partial charge in [0.2, 0.25) is 0 Å². The van der Waals surface area contributed by atoms with Crippen LogP contribution in [0, 0.1) is 24.0 Å². The van der Waals surface area contributed by atoms with Gasteiger partial charge in [0.25, 0.3) is 11.2 Å². The molecule has 0 aliphatic carbocycles. The molecule has 0 saturated carbocycles. The number of nitro benzene ring substituents is 1. The van der Waals surface area contributed by atoms with Gasteiger partial charge >= 0.3 is 5.97 Å². The molecule has 3 aromatic rings. The molecule has 0 fully saturated rings. The lowest BCUT2D eigenvalue weighted by molar-refractivity contribution is -0.384. The van der Waals surface area contributed by atoms with Gasteiger partial charge in [0.05, 0.1) is 33.9 Å².